The smallest absolute Gasteiger partial charge is 0.374 e. The van der Waals surface area contributed by atoms with E-state index in [0.717, 1.165) is 10.8 Å². The number of aliphatic hydroxyl groups is 1. The second-order valence-corrected chi connectivity index (χ2v) is 7.07. The summed E-state index contributed by atoms with van der Waals surface area (Å²) in [6.07, 6.45) is -3.86. The van der Waals surface area contributed by atoms with E-state index in [1.807, 2.05) is 0 Å². The lowest BCUT2D eigenvalue weighted by Crippen LogP contribution is -2.48. The van der Waals surface area contributed by atoms with Gasteiger partial charge in [0.25, 0.3) is 0 Å². The molecule has 1 amide bonds. The van der Waals surface area contributed by atoms with Gasteiger partial charge in [-0.05, 0) is 19.1 Å². The van der Waals surface area contributed by atoms with Crippen LogP contribution in [0.1, 0.15) is 30.1 Å². The molecule has 2 aromatic rings. The van der Waals surface area contributed by atoms with Crippen LogP contribution in [0.2, 0.25) is 4.34 Å². The van der Waals surface area contributed by atoms with Gasteiger partial charge >= 0.3 is 6.18 Å². The van der Waals surface area contributed by atoms with E-state index in [0.29, 0.717) is 9.21 Å². The summed E-state index contributed by atoms with van der Waals surface area (Å²) >= 11 is 7.01. The summed E-state index contributed by atoms with van der Waals surface area (Å²) in [5.74, 6) is -1.59. The van der Waals surface area contributed by atoms with Crippen LogP contribution in [-0.4, -0.2) is 26.7 Å². The number of thiophene rings is 1. The molecule has 0 aliphatic rings. The number of hydrogen-bond donors (Lipinski definition) is 2. The van der Waals surface area contributed by atoms with E-state index in [1.165, 1.54) is 24.6 Å². The molecule has 0 aromatic carbocycles. The lowest BCUT2D eigenvalue weighted by molar-refractivity contribution is -0.271. The van der Waals surface area contributed by atoms with Crippen LogP contribution in [0.25, 0.3) is 0 Å². The standard InChI is InChI=1S/C14H15ClF3N3O2S/c1-8(9-3-4-10(15)24-9)20-11(22)7-13(23,14(16,17)18)12-19-5-6-21(12)2/h3-6,8,23H,7H2,1-2H3,(H,20,22). The molecule has 0 radical (unpaired) electrons. The Kier molecular flexibility index (Phi) is 5.26. The normalized spacial score (nSPS) is 15.8. The summed E-state index contributed by atoms with van der Waals surface area (Å²) in [5, 5.41) is 12.6. The topological polar surface area (TPSA) is 67.2 Å². The van der Waals surface area contributed by atoms with E-state index in [9.17, 15) is 23.1 Å². The summed E-state index contributed by atoms with van der Waals surface area (Å²) < 4.78 is 41.7. The number of aryl methyl sites for hydroxylation is 1. The molecule has 2 aromatic heterocycles. The molecule has 5 nitrogen and oxygen atoms in total. The first kappa shape index (κ1) is 18.8. The van der Waals surface area contributed by atoms with Gasteiger partial charge in [0, 0.05) is 24.3 Å². The highest BCUT2D eigenvalue weighted by Crippen LogP contribution is 2.40. The Morgan fingerprint density at radius 3 is 2.62 bits per heavy atom. The van der Waals surface area contributed by atoms with Gasteiger partial charge in [-0.2, -0.15) is 13.2 Å². The highest BCUT2D eigenvalue weighted by molar-refractivity contribution is 7.16. The van der Waals surface area contributed by atoms with Crippen molar-refractivity contribution in [2.24, 2.45) is 7.05 Å². The molecule has 0 bridgehead atoms. The highest BCUT2D eigenvalue weighted by Gasteiger charge is 2.58. The van der Waals surface area contributed by atoms with Crippen LogP contribution < -0.4 is 5.32 Å². The van der Waals surface area contributed by atoms with Crippen molar-refractivity contribution in [2.45, 2.75) is 31.2 Å². The third-order valence-electron chi connectivity index (χ3n) is 3.47. The van der Waals surface area contributed by atoms with Crippen LogP contribution in [0.4, 0.5) is 13.2 Å². The molecule has 2 atom stereocenters. The number of aromatic nitrogens is 2. The Balaban J connectivity index is 2.18. The van der Waals surface area contributed by atoms with E-state index < -0.39 is 36.0 Å². The van der Waals surface area contributed by atoms with Gasteiger partial charge in [0.1, 0.15) is 0 Å². The van der Waals surface area contributed by atoms with Gasteiger partial charge in [0.2, 0.25) is 11.5 Å². The minimum absolute atomic E-state index is 0.505. The second kappa shape index (κ2) is 6.73. The molecule has 132 valence electrons. The van der Waals surface area contributed by atoms with Gasteiger partial charge < -0.3 is 15.0 Å². The molecule has 0 fully saturated rings. The van der Waals surface area contributed by atoms with E-state index >= 15 is 0 Å². The molecule has 2 unspecified atom stereocenters. The minimum atomic E-state index is -5.06. The number of imidazole rings is 1. The zero-order valence-electron chi connectivity index (χ0n) is 12.8. The number of rotatable bonds is 5. The van der Waals surface area contributed by atoms with Crippen LogP contribution in [0, 0.1) is 0 Å². The molecular weight excluding hydrogens is 367 g/mol. The van der Waals surface area contributed by atoms with Crippen molar-refractivity contribution in [3.63, 3.8) is 0 Å². The molecule has 2 N–H and O–H groups in total. The molecule has 24 heavy (non-hydrogen) atoms. The number of carbonyl (C=O) groups excluding carboxylic acids is 1. The molecule has 0 aliphatic carbocycles. The lowest BCUT2D eigenvalue weighted by atomic mass is 9.97. The fraction of sp³-hybridized carbons (Fsp3) is 0.429. The van der Waals surface area contributed by atoms with Gasteiger partial charge in [-0.25, -0.2) is 4.98 Å². The van der Waals surface area contributed by atoms with Crippen LogP contribution in [0.15, 0.2) is 24.5 Å². The van der Waals surface area contributed by atoms with Gasteiger partial charge in [0.15, 0.2) is 5.82 Å². The summed E-state index contributed by atoms with van der Waals surface area (Å²) in [7, 11) is 1.31. The monoisotopic (exact) mass is 381 g/mol. The average molecular weight is 382 g/mol. The largest absolute Gasteiger partial charge is 0.425 e. The molecule has 0 saturated carbocycles. The van der Waals surface area contributed by atoms with Crippen molar-refractivity contribution in [2.75, 3.05) is 0 Å². The minimum Gasteiger partial charge on any atom is -0.374 e. The lowest BCUT2D eigenvalue weighted by Gasteiger charge is -2.29. The third kappa shape index (κ3) is 3.73. The maximum absolute atomic E-state index is 13.4. The Labute approximate surface area is 145 Å². The molecule has 2 heterocycles. The molecule has 0 aliphatic heterocycles. The van der Waals surface area contributed by atoms with Crippen molar-refractivity contribution in [3.8, 4) is 0 Å². The maximum atomic E-state index is 13.4. The fourth-order valence-electron chi connectivity index (χ4n) is 2.23. The van der Waals surface area contributed by atoms with Gasteiger partial charge in [-0.3, -0.25) is 4.79 Å². The Bertz CT molecular complexity index is 731. The van der Waals surface area contributed by atoms with Crippen LogP contribution in [-0.2, 0) is 17.4 Å². The summed E-state index contributed by atoms with van der Waals surface area (Å²) in [6.45, 7) is 1.62. The first-order chi connectivity index (χ1) is 11.0. The fourth-order valence-corrected chi connectivity index (χ4v) is 3.29. The Morgan fingerprint density at radius 2 is 2.17 bits per heavy atom. The summed E-state index contributed by atoms with van der Waals surface area (Å²) in [6, 6.07) is 2.77. The second-order valence-electron chi connectivity index (χ2n) is 5.33. The summed E-state index contributed by atoms with van der Waals surface area (Å²) in [4.78, 5) is 16.3. The molecule has 0 spiro atoms. The number of nitrogens with one attached hydrogen (secondary N) is 1. The van der Waals surface area contributed by atoms with Gasteiger partial charge in [0.05, 0.1) is 16.8 Å². The predicted molar refractivity (Wildman–Crippen MR) is 83.7 cm³/mol. The molecule has 2 rings (SSSR count). The van der Waals surface area contributed by atoms with Crippen LogP contribution in [0.5, 0.6) is 0 Å². The van der Waals surface area contributed by atoms with Crippen LogP contribution >= 0.6 is 22.9 Å². The van der Waals surface area contributed by atoms with E-state index in [2.05, 4.69) is 10.3 Å². The number of hydrogen-bond acceptors (Lipinski definition) is 4. The SMILES string of the molecule is CC(NC(=O)CC(O)(c1nccn1C)C(F)(F)F)c1ccc(Cl)s1. The van der Waals surface area contributed by atoms with Crippen LogP contribution in [0.3, 0.4) is 0 Å². The number of amides is 1. The number of alkyl halides is 3. The van der Waals surface area contributed by atoms with E-state index in [4.69, 9.17) is 11.6 Å². The molecule has 0 saturated heterocycles. The predicted octanol–water partition coefficient (Wildman–Crippen LogP) is 3.15. The van der Waals surface area contributed by atoms with Crippen molar-refractivity contribution in [1.82, 2.24) is 14.9 Å². The first-order valence-electron chi connectivity index (χ1n) is 6.86. The Hall–Kier alpha value is -1.58. The number of nitrogens with zero attached hydrogens (tertiary/aromatic N) is 2. The quantitative estimate of drug-likeness (QED) is 0.836. The van der Waals surface area contributed by atoms with Gasteiger partial charge in [-0.15, -0.1) is 11.3 Å². The first-order valence-corrected chi connectivity index (χ1v) is 8.05. The summed E-state index contributed by atoms with van der Waals surface area (Å²) in [5.41, 5.74) is -3.37. The zero-order chi connectivity index (χ0) is 18.1. The van der Waals surface area contributed by atoms with Crippen molar-refractivity contribution >= 4 is 28.8 Å². The van der Waals surface area contributed by atoms with E-state index in [1.54, 1.807) is 19.1 Å². The van der Waals surface area contributed by atoms with Crippen molar-refractivity contribution < 1.29 is 23.1 Å². The van der Waals surface area contributed by atoms with Crippen molar-refractivity contribution in [1.29, 1.82) is 0 Å². The highest BCUT2D eigenvalue weighted by atomic mass is 35.5. The molecular formula is C14H15ClF3N3O2S. The van der Waals surface area contributed by atoms with Gasteiger partial charge in [-0.1, -0.05) is 11.6 Å². The molecule has 10 heteroatoms. The third-order valence-corrected chi connectivity index (χ3v) is 4.89. The average Bonchev–Trinajstić information content (AvgIpc) is 3.05. The van der Waals surface area contributed by atoms with E-state index in [-0.39, 0.29) is 0 Å². The zero-order valence-corrected chi connectivity index (χ0v) is 14.3. The maximum Gasteiger partial charge on any atom is 0.425 e. The number of carbonyl (C=O) groups is 1. The Morgan fingerprint density at radius 1 is 1.50 bits per heavy atom. The van der Waals surface area contributed by atoms with Crippen molar-refractivity contribution in [3.05, 3.63) is 39.6 Å². The number of halogens is 4.